The highest BCUT2D eigenvalue weighted by Crippen LogP contribution is 2.18. The third-order valence-electron chi connectivity index (χ3n) is 2.62. The van der Waals surface area contributed by atoms with Crippen molar-refractivity contribution in [3.05, 3.63) is 12.7 Å². The van der Waals surface area contributed by atoms with Gasteiger partial charge in [-0.25, -0.2) is 4.79 Å². The molecule has 0 saturated carbocycles. The summed E-state index contributed by atoms with van der Waals surface area (Å²) in [5.41, 5.74) is 0. The molecule has 1 aliphatic heterocycles. The molecule has 17 heavy (non-hydrogen) atoms. The second-order valence-corrected chi connectivity index (χ2v) is 3.90. The SMILES string of the molecule is C=CCOC(=O)N1CCCC(C(=O)OCC)C1. The van der Waals surface area contributed by atoms with Crippen molar-refractivity contribution in [1.29, 1.82) is 0 Å². The third kappa shape index (κ3) is 4.09. The number of piperidine rings is 1. The molecular weight excluding hydrogens is 222 g/mol. The Morgan fingerprint density at radius 3 is 2.88 bits per heavy atom. The lowest BCUT2D eigenvalue weighted by molar-refractivity contribution is -0.149. The van der Waals surface area contributed by atoms with Gasteiger partial charge in [-0.3, -0.25) is 4.79 Å². The number of carbonyl (C=O) groups is 2. The van der Waals surface area contributed by atoms with E-state index in [1.807, 2.05) is 0 Å². The number of esters is 1. The maximum Gasteiger partial charge on any atom is 0.410 e. The monoisotopic (exact) mass is 241 g/mol. The van der Waals surface area contributed by atoms with Crippen LogP contribution >= 0.6 is 0 Å². The Hall–Kier alpha value is -1.52. The first-order valence-electron chi connectivity index (χ1n) is 5.88. The Morgan fingerprint density at radius 2 is 2.24 bits per heavy atom. The Morgan fingerprint density at radius 1 is 1.47 bits per heavy atom. The Labute approximate surface area is 101 Å². The van der Waals surface area contributed by atoms with Gasteiger partial charge in [-0.1, -0.05) is 12.7 Å². The van der Waals surface area contributed by atoms with Crippen LogP contribution in [0, 0.1) is 5.92 Å². The zero-order valence-electron chi connectivity index (χ0n) is 10.2. The quantitative estimate of drug-likeness (QED) is 0.554. The maximum atomic E-state index is 11.6. The van der Waals surface area contributed by atoms with Crippen molar-refractivity contribution >= 4 is 12.1 Å². The topological polar surface area (TPSA) is 55.8 Å². The van der Waals surface area contributed by atoms with Crippen molar-refractivity contribution in [2.75, 3.05) is 26.3 Å². The first-order valence-corrected chi connectivity index (χ1v) is 5.88. The largest absolute Gasteiger partial charge is 0.466 e. The Kier molecular flexibility index (Phi) is 5.52. The maximum absolute atomic E-state index is 11.6. The van der Waals surface area contributed by atoms with Crippen molar-refractivity contribution in [3.8, 4) is 0 Å². The van der Waals surface area contributed by atoms with Gasteiger partial charge >= 0.3 is 12.1 Å². The molecule has 0 aliphatic carbocycles. The van der Waals surface area contributed by atoms with Crippen LogP contribution in [0.15, 0.2) is 12.7 Å². The molecule has 1 amide bonds. The summed E-state index contributed by atoms with van der Waals surface area (Å²) < 4.78 is 9.89. The molecular formula is C12H19NO4. The summed E-state index contributed by atoms with van der Waals surface area (Å²) in [4.78, 5) is 24.7. The van der Waals surface area contributed by atoms with Gasteiger partial charge < -0.3 is 14.4 Å². The molecule has 1 rings (SSSR count). The van der Waals surface area contributed by atoms with Crippen LogP contribution in [-0.4, -0.2) is 43.3 Å². The van der Waals surface area contributed by atoms with Crippen molar-refractivity contribution in [3.63, 3.8) is 0 Å². The van der Waals surface area contributed by atoms with E-state index >= 15 is 0 Å². The highest BCUT2D eigenvalue weighted by molar-refractivity contribution is 5.74. The zero-order chi connectivity index (χ0) is 12.7. The number of rotatable bonds is 4. The Bertz CT molecular complexity index is 290. The molecule has 0 aromatic rings. The lowest BCUT2D eigenvalue weighted by Gasteiger charge is -2.30. The summed E-state index contributed by atoms with van der Waals surface area (Å²) in [5.74, 6) is -0.450. The van der Waals surface area contributed by atoms with Crippen molar-refractivity contribution in [2.45, 2.75) is 19.8 Å². The number of hydrogen-bond acceptors (Lipinski definition) is 4. The highest BCUT2D eigenvalue weighted by Gasteiger charge is 2.29. The van der Waals surface area contributed by atoms with E-state index in [2.05, 4.69) is 6.58 Å². The predicted octanol–water partition coefficient (Wildman–Crippen LogP) is 1.58. The van der Waals surface area contributed by atoms with Crippen LogP contribution in [-0.2, 0) is 14.3 Å². The summed E-state index contributed by atoms with van der Waals surface area (Å²) in [6.07, 6.45) is 2.69. The zero-order valence-corrected chi connectivity index (χ0v) is 10.2. The highest BCUT2D eigenvalue weighted by atomic mass is 16.6. The van der Waals surface area contributed by atoms with E-state index in [-0.39, 0.29) is 24.6 Å². The predicted molar refractivity (Wildman–Crippen MR) is 62.5 cm³/mol. The summed E-state index contributed by atoms with van der Waals surface area (Å²) >= 11 is 0. The van der Waals surface area contributed by atoms with E-state index in [1.54, 1.807) is 11.8 Å². The van der Waals surface area contributed by atoms with Gasteiger partial charge in [-0.05, 0) is 19.8 Å². The van der Waals surface area contributed by atoms with Crippen LogP contribution in [0.2, 0.25) is 0 Å². The second-order valence-electron chi connectivity index (χ2n) is 3.90. The molecule has 5 nitrogen and oxygen atoms in total. The van der Waals surface area contributed by atoms with Crippen LogP contribution in [0.1, 0.15) is 19.8 Å². The average molecular weight is 241 g/mol. The lowest BCUT2D eigenvalue weighted by Crippen LogP contribution is -2.43. The molecule has 1 fully saturated rings. The van der Waals surface area contributed by atoms with Crippen LogP contribution in [0.4, 0.5) is 4.79 Å². The van der Waals surface area contributed by atoms with Crippen molar-refractivity contribution in [2.24, 2.45) is 5.92 Å². The van der Waals surface area contributed by atoms with E-state index in [0.29, 0.717) is 19.7 Å². The van der Waals surface area contributed by atoms with E-state index in [0.717, 1.165) is 12.8 Å². The minimum Gasteiger partial charge on any atom is -0.466 e. The summed E-state index contributed by atoms with van der Waals surface area (Å²) in [5, 5.41) is 0. The second kappa shape index (κ2) is 6.93. The standard InChI is InChI=1S/C12H19NO4/c1-3-8-17-12(15)13-7-5-6-10(9-13)11(14)16-4-2/h3,10H,1,4-9H2,2H3. The third-order valence-corrected chi connectivity index (χ3v) is 2.62. The van der Waals surface area contributed by atoms with Crippen LogP contribution in [0.3, 0.4) is 0 Å². The molecule has 1 aliphatic rings. The van der Waals surface area contributed by atoms with Gasteiger partial charge in [0.05, 0.1) is 12.5 Å². The molecule has 1 unspecified atom stereocenters. The number of nitrogens with zero attached hydrogens (tertiary/aromatic N) is 1. The van der Waals surface area contributed by atoms with E-state index in [4.69, 9.17) is 9.47 Å². The molecule has 0 aromatic carbocycles. The molecule has 0 radical (unpaired) electrons. The summed E-state index contributed by atoms with van der Waals surface area (Å²) in [6.45, 7) is 6.83. The van der Waals surface area contributed by atoms with Gasteiger partial charge in [0.25, 0.3) is 0 Å². The first kappa shape index (κ1) is 13.5. The number of carbonyl (C=O) groups excluding carboxylic acids is 2. The minimum absolute atomic E-state index is 0.194. The van der Waals surface area contributed by atoms with E-state index in [9.17, 15) is 9.59 Å². The van der Waals surface area contributed by atoms with Gasteiger partial charge in [-0.2, -0.15) is 0 Å². The molecule has 1 atom stereocenters. The summed E-state index contributed by atoms with van der Waals surface area (Å²) in [7, 11) is 0. The molecule has 0 aromatic heterocycles. The van der Waals surface area contributed by atoms with Crippen molar-refractivity contribution in [1.82, 2.24) is 4.90 Å². The first-order chi connectivity index (χ1) is 8.19. The summed E-state index contributed by atoms with van der Waals surface area (Å²) in [6, 6.07) is 0. The van der Waals surface area contributed by atoms with E-state index in [1.165, 1.54) is 6.08 Å². The van der Waals surface area contributed by atoms with Gasteiger partial charge in [0.2, 0.25) is 0 Å². The molecule has 0 N–H and O–H groups in total. The molecule has 96 valence electrons. The molecule has 0 bridgehead atoms. The van der Waals surface area contributed by atoms with Gasteiger partial charge in [0.1, 0.15) is 6.61 Å². The van der Waals surface area contributed by atoms with Gasteiger partial charge in [-0.15, -0.1) is 0 Å². The number of likely N-dealkylation sites (tertiary alicyclic amines) is 1. The van der Waals surface area contributed by atoms with E-state index < -0.39 is 0 Å². The van der Waals surface area contributed by atoms with Crippen molar-refractivity contribution < 1.29 is 19.1 Å². The molecule has 0 spiro atoms. The number of amides is 1. The van der Waals surface area contributed by atoms with Gasteiger partial charge in [0.15, 0.2) is 0 Å². The van der Waals surface area contributed by atoms with Crippen LogP contribution in [0.25, 0.3) is 0 Å². The fourth-order valence-electron chi connectivity index (χ4n) is 1.82. The van der Waals surface area contributed by atoms with Crippen LogP contribution in [0.5, 0.6) is 0 Å². The smallest absolute Gasteiger partial charge is 0.410 e. The molecule has 1 heterocycles. The minimum atomic E-state index is -0.390. The van der Waals surface area contributed by atoms with Gasteiger partial charge in [0, 0.05) is 13.1 Å². The fraction of sp³-hybridized carbons (Fsp3) is 0.667. The molecule has 5 heteroatoms. The fourth-order valence-corrected chi connectivity index (χ4v) is 1.82. The lowest BCUT2D eigenvalue weighted by atomic mass is 9.99. The number of hydrogen-bond donors (Lipinski definition) is 0. The normalized spacial score (nSPS) is 19.6. The van der Waals surface area contributed by atoms with Crippen LogP contribution < -0.4 is 0 Å². The Balaban J connectivity index is 2.45. The number of ether oxygens (including phenoxy) is 2. The molecule has 1 saturated heterocycles. The average Bonchev–Trinajstić information content (AvgIpc) is 2.36.